The summed E-state index contributed by atoms with van der Waals surface area (Å²) in [6.45, 7) is 0. The number of rotatable bonds is 1. The van der Waals surface area contributed by atoms with E-state index < -0.39 is 0 Å². The molecule has 0 unspecified atom stereocenters. The highest BCUT2D eigenvalue weighted by Crippen LogP contribution is 2.20. The molecule has 0 amide bonds. The third-order valence-electron chi connectivity index (χ3n) is 2.28. The fraction of sp³-hybridized carbons (Fsp3) is 0.100. The third-order valence-corrected chi connectivity index (χ3v) is 2.28. The van der Waals surface area contributed by atoms with Crippen molar-refractivity contribution in [3.8, 4) is 11.3 Å². The maximum Gasteiger partial charge on any atom is 0.156 e. The van der Waals surface area contributed by atoms with Crippen molar-refractivity contribution in [1.29, 1.82) is 0 Å². The van der Waals surface area contributed by atoms with Crippen LogP contribution in [-0.2, 0) is 7.05 Å². The first-order valence-corrected chi connectivity index (χ1v) is 4.62. The maximum absolute atomic E-state index is 4.21. The number of nitrogens with zero attached hydrogens (tertiary/aromatic N) is 4. The molecule has 15 heavy (non-hydrogen) atoms. The molecule has 0 saturated carbocycles. The molecule has 3 heterocycles. The number of fused-ring (bicyclic) bond motifs is 1. The SMILES string of the molecule is Cn1cc(-c2cc3nccnc3[nH]2)cn1. The zero-order chi connectivity index (χ0) is 10.3. The predicted molar refractivity (Wildman–Crippen MR) is 56.1 cm³/mol. The summed E-state index contributed by atoms with van der Waals surface area (Å²) in [6, 6.07) is 1.97. The highest BCUT2D eigenvalue weighted by atomic mass is 15.2. The van der Waals surface area contributed by atoms with E-state index in [1.54, 1.807) is 17.1 Å². The number of aromatic nitrogens is 5. The summed E-state index contributed by atoms with van der Waals surface area (Å²) in [5, 5.41) is 4.12. The first-order chi connectivity index (χ1) is 7.33. The molecule has 0 bridgehead atoms. The van der Waals surface area contributed by atoms with Gasteiger partial charge in [0.05, 0.1) is 11.9 Å². The molecule has 0 saturated heterocycles. The van der Waals surface area contributed by atoms with Crippen molar-refractivity contribution in [2.45, 2.75) is 0 Å². The van der Waals surface area contributed by atoms with Gasteiger partial charge >= 0.3 is 0 Å². The average Bonchev–Trinajstić information content (AvgIpc) is 2.82. The summed E-state index contributed by atoms with van der Waals surface area (Å²) in [4.78, 5) is 11.6. The predicted octanol–water partition coefficient (Wildman–Crippen LogP) is 1.36. The Kier molecular flexibility index (Phi) is 1.58. The Hall–Kier alpha value is -2.17. The number of aromatic amines is 1. The molecule has 5 heteroatoms. The lowest BCUT2D eigenvalue weighted by Gasteiger charge is -1.87. The van der Waals surface area contributed by atoms with Crippen molar-refractivity contribution in [1.82, 2.24) is 24.7 Å². The van der Waals surface area contributed by atoms with Crippen LogP contribution in [0.15, 0.2) is 30.9 Å². The lowest BCUT2D eigenvalue weighted by molar-refractivity contribution is 0.768. The van der Waals surface area contributed by atoms with Gasteiger partial charge in [0, 0.05) is 31.2 Å². The lowest BCUT2D eigenvalue weighted by Crippen LogP contribution is -1.84. The van der Waals surface area contributed by atoms with Gasteiger partial charge in [-0.05, 0) is 6.07 Å². The van der Waals surface area contributed by atoms with E-state index in [4.69, 9.17) is 0 Å². The van der Waals surface area contributed by atoms with E-state index in [1.807, 2.05) is 25.5 Å². The quantitative estimate of drug-likeness (QED) is 0.643. The van der Waals surface area contributed by atoms with Crippen LogP contribution in [0, 0.1) is 0 Å². The van der Waals surface area contributed by atoms with Crippen LogP contribution in [0.25, 0.3) is 22.4 Å². The third kappa shape index (κ3) is 1.28. The van der Waals surface area contributed by atoms with Crippen LogP contribution in [-0.4, -0.2) is 24.7 Å². The van der Waals surface area contributed by atoms with Crippen molar-refractivity contribution in [3.05, 3.63) is 30.9 Å². The lowest BCUT2D eigenvalue weighted by atomic mass is 10.3. The Labute approximate surface area is 85.8 Å². The second kappa shape index (κ2) is 2.91. The van der Waals surface area contributed by atoms with Gasteiger partial charge < -0.3 is 4.98 Å². The van der Waals surface area contributed by atoms with E-state index in [1.165, 1.54) is 0 Å². The first-order valence-electron chi connectivity index (χ1n) is 4.62. The Morgan fingerprint density at radius 2 is 2.13 bits per heavy atom. The Balaban J connectivity index is 2.19. The molecule has 0 aliphatic rings. The van der Waals surface area contributed by atoms with Crippen LogP contribution in [0.1, 0.15) is 0 Å². The zero-order valence-corrected chi connectivity index (χ0v) is 8.18. The van der Waals surface area contributed by atoms with Gasteiger partial charge in [0.15, 0.2) is 5.65 Å². The molecule has 3 rings (SSSR count). The molecule has 0 radical (unpaired) electrons. The van der Waals surface area contributed by atoms with E-state index in [0.29, 0.717) is 0 Å². The van der Waals surface area contributed by atoms with Gasteiger partial charge in [0.1, 0.15) is 5.52 Å². The van der Waals surface area contributed by atoms with Gasteiger partial charge in [-0.2, -0.15) is 5.10 Å². The zero-order valence-electron chi connectivity index (χ0n) is 8.18. The summed E-state index contributed by atoms with van der Waals surface area (Å²) in [5.74, 6) is 0. The van der Waals surface area contributed by atoms with Gasteiger partial charge in [-0.25, -0.2) is 4.98 Å². The second-order valence-corrected chi connectivity index (χ2v) is 3.38. The summed E-state index contributed by atoms with van der Waals surface area (Å²) in [7, 11) is 1.89. The normalized spacial score (nSPS) is 11.0. The molecule has 0 spiro atoms. The molecule has 3 aromatic heterocycles. The van der Waals surface area contributed by atoms with Gasteiger partial charge in [0.25, 0.3) is 0 Å². The molecule has 5 nitrogen and oxygen atoms in total. The van der Waals surface area contributed by atoms with E-state index >= 15 is 0 Å². The van der Waals surface area contributed by atoms with Crippen LogP contribution in [0.2, 0.25) is 0 Å². The minimum atomic E-state index is 0.802. The fourth-order valence-corrected chi connectivity index (χ4v) is 1.57. The minimum absolute atomic E-state index is 0.802. The van der Waals surface area contributed by atoms with Crippen molar-refractivity contribution in [2.75, 3.05) is 0 Å². The number of hydrogen-bond acceptors (Lipinski definition) is 3. The van der Waals surface area contributed by atoms with Crippen LogP contribution >= 0.6 is 0 Å². The van der Waals surface area contributed by atoms with E-state index in [9.17, 15) is 0 Å². The summed E-state index contributed by atoms with van der Waals surface area (Å²) >= 11 is 0. The van der Waals surface area contributed by atoms with Gasteiger partial charge in [-0.3, -0.25) is 9.67 Å². The van der Waals surface area contributed by atoms with Crippen LogP contribution in [0.4, 0.5) is 0 Å². The van der Waals surface area contributed by atoms with E-state index in [0.717, 1.165) is 22.4 Å². The number of nitrogens with one attached hydrogen (secondary N) is 1. The topological polar surface area (TPSA) is 59.4 Å². The van der Waals surface area contributed by atoms with Crippen molar-refractivity contribution >= 4 is 11.2 Å². The largest absolute Gasteiger partial charge is 0.338 e. The van der Waals surface area contributed by atoms with E-state index in [2.05, 4.69) is 20.1 Å². The van der Waals surface area contributed by atoms with E-state index in [-0.39, 0.29) is 0 Å². The molecule has 3 aromatic rings. The Morgan fingerprint density at radius 1 is 1.27 bits per heavy atom. The molecular formula is C10H9N5. The molecule has 0 fully saturated rings. The van der Waals surface area contributed by atoms with Crippen LogP contribution < -0.4 is 0 Å². The van der Waals surface area contributed by atoms with Crippen molar-refractivity contribution in [3.63, 3.8) is 0 Å². The molecule has 1 N–H and O–H groups in total. The second-order valence-electron chi connectivity index (χ2n) is 3.38. The molecule has 74 valence electrons. The Morgan fingerprint density at radius 3 is 2.87 bits per heavy atom. The monoisotopic (exact) mass is 199 g/mol. The van der Waals surface area contributed by atoms with Gasteiger partial charge in [-0.1, -0.05) is 0 Å². The highest BCUT2D eigenvalue weighted by molar-refractivity contribution is 5.78. The minimum Gasteiger partial charge on any atom is -0.338 e. The Bertz CT molecular complexity index is 574. The summed E-state index contributed by atoms with van der Waals surface area (Å²) < 4.78 is 1.77. The number of H-pyrrole nitrogens is 1. The summed E-state index contributed by atoms with van der Waals surface area (Å²) in [5.41, 5.74) is 3.70. The van der Waals surface area contributed by atoms with Crippen molar-refractivity contribution in [2.24, 2.45) is 7.05 Å². The fourth-order valence-electron chi connectivity index (χ4n) is 1.57. The smallest absolute Gasteiger partial charge is 0.156 e. The van der Waals surface area contributed by atoms with Crippen LogP contribution in [0.5, 0.6) is 0 Å². The molecule has 0 atom stereocenters. The molecule has 0 aromatic carbocycles. The van der Waals surface area contributed by atoms with Gasteiger partial charge in [0.2, 0.25) is 0 Å². The van der Waals surface area contributed by atoms with Crippen molar-refractivity contribution < 1.29 is 0 Å². The molecule has 0 aliphatic carbocycles. The average molecular weight is 199 g/mol. The first kappa shape index (κ1) is 8.16. The number of aryl methyl sites for hydroxylation is 1. The number of hydrogen-bond donors (Lipinski definition) is 1. The van der Waals surface area contributed by atoms with Crippen LogP contribution in [0.3, 0.4) is 0 Å². The highest BCUT2D eigenvalue weighted by Gasteiger charge is 2.05. The maximum atomic E-state index is 4.21. The standard InChI is InChI=1S/C10H9N5/c1-15-6-7(5-13-15)8-4-9-10(14-8)12-3-2-11-9/h2-6H,1H3,(H,12,14). The molecule has 0 aliphatic heterocycles. The summed E-state index contributed by atoms with van der Waals surface area (Å²) in [6.07, 6.45) is 7.12. The van der Waals surface area contributed by atoms with Gasteiger partial charge in [-0.15, -0.1) is 0 Å². The molecular weight excluding hydrogens is 190 g/mol.